The van der Waals surface area contributed by atoms with Crippen molar-refractivity contribution < 1.29 is 18.3 Å². The molecule has 1 saturated heterocycles. The summed E-state index contributed by atoms with van der Waals surface area (Å²) in [6, 6.07) is 11.1. The van der Waals surface area contributed by atoms with Gasteiger partial charge in [-0.05, 0) is 29.8 Å². The van der Waals surface area contributed by atoms with Crippen molar-refractivity contribution in [1.82, 2.24) is 29.7 Å². The average Bonchev–Trinajstić information content (AvgIpc) is 3.47. The second-order valence-electron chi connectivity index (χ2n) is 8.56. The number of carbonyl (C=O) groups excluding carboxylic acids is 1. The molecule has 1 aromatic carbocycles. The van der Waals surface area contributed by atoms with Gasteiger partial charge in [-0.1, -0.05) is 12.1 Å². The lowest BCUT2D eigenvalue weighted by molar-refractivity contribution is 0.0342. The summed E-state index contributed by atoms with van der Waals surface area (Å²) in [7, 11) is 0. The first kappa shape index (κ1) is 22.3. The van der Waals surface area contributed by atoms with Gasteiger partial charge in [0.2, 0.25) is 0 Å². The third-order valence-electron chi connectivity index (χ3n) is 6.17. The Morgan fingerprint density at radius 3 is 2.86 bits per heavy atom. The Morgan fingerprint density at radius 1 is 1.14 bits per heavy atom. The lowest BCUT2D eigenvalue weighted by Gasteiger charge is -2.26. The number of amides is 1. The molecule has 6 rings (SSSR count). The van der Waals surface area contributed by atoms with E-state index in [1.165, 1.54) is 35.1 Å². The summed E-state index contributed by atoms with van der Waals surface area (Å²) in [5.74, 6) is -1.32. The molecule has 0 atom stereocenters. The van der Waals surface area contributed by atoms with E-state index in [-0.39, 0.29) is 23.1 Å². The monoisotopic (exact) mass is 489 g/mol. The van der Waals surface area contributed by atoms with Crippen molar-refractivity contribution in [3.63, 3.8) is 0 Å². The maximum Gasteiger partial charge on any atom is 0.256 e. The molecule has 1 aliphatic heterocycles. The summed E-state index contributed by atoms with van der Waals surface area (Å²) in [5.41, 5.74) is 2.48. The first-order valence-electron chi connectivity index (χ1n) is 11.4. The Hall–Kier alpha value is -4.22. The van der Waals surface area contributed by atoms with Crippen LogP contribution in [-0.4, -0.2) is 61.9 Å². The fourth-order valence-electron chi connectivity index (χ4n) is 4.35. The number of hydrogen-bond donors (Lipinski definition) is 2. The molecular formula is C25H21F2N7O2. The van der Waals surface area contributed by atoms with Crippen molar-refractivity contribution in [1.29, 1.82) is 0 Å². The molecule has 1 fully saturated rings. The molecule has 0 saturated carbocycles. The van der Waals surface area contributed by atoms with E-state index in [4.69, 9.17) is 4.74 Å². The standard InChI is InChI=1S/C25H21F2N7O2/c26-17-4-5-34-21(11-17)19(13-28-34)22-20(27)12-18-23(29-22)31-32-24(18)30-25(35)16-3-1-2-15(10-16)14-33-6-8-36-9-7-33/h1-5,10-13H,6-9,14H2,(H2,29,30,31,32,35). The molecule has 0 bridgehead atoms. The Balaban J connectivity index is 1.26. The zero-order valence-electron chi connectivity index (χ0n) is 19.0. The highest BCUT2D eigenvalue weighted by Gasteiger charge is 2.19. The van der Waals surface area contributed by atoms with Gasteiger partial charge in [-0.15, -0.1) is 0 Å². The van der Waals surface area contributed by atoms with Crippen molar-refractivity contribution >= 4 is 28.3 Å². The number of ether oxygens (including phenoxy) is 1. The highest BCUT2D eigenvalue weighted by molar-refractivity contribution is 6.07. The Labute approximate surface area is 203 Å². The van der Waals surface area contributed by atoms with E-state index in [2.05, 4.69) is 30.5 Å². The van der Waals surface area contributed by atoms with Crippen LogP contribution in [0.1, 0.15) is 15.9 Å². The number of halogens is 2. The average molecular weight is 489 g/mol. The van der Waals surface area contributed by atoms with Crippen LogP contribution in [0.4, 0.5) is 14.6 Å². The van der Waals surface area contributed by atoms with E-state index < -0.39 is 11.6 Å². The minimum Gasteiger partial charge on any atom is -0.379 e. The Morgan fingerprint density at radius 2 is 2.00 bits per heavy atom. The van der Waals surface area contributed by atoms with E-state index in [0.717, 1.165) is 25.2 Å². The topological polar surface area (TPSA) is 100 Å². The fraction of sp³-hybridized carbons (Fsp3) is 0.200. The van der Waals surface area contributed by atoms with Crippen LogP contribution in [0.5, 0.6) is 0 Å². The second kappa shape index (κ2) is 9.10. The Kier molecular flexibility index (Phi) is 5.62. The number of fused-ring (bicyclic) bond motifs is 2. The zero-order chi connectivity index (χ0) is 24.6. The van der Waals surface area contributed by atoms with Crippen LogP contribution >= 0.6 is 0 Å². The lowest BCUT2D eigenvalue weighted by atomic mass is 10.1. The van der Waals surface area contributed by atoms with Crippen molar-refractivity contribution in [3.8, 4) is 11.3 Å². The van der Waals surface area contributed by atoms with Crippen LogP contribution in [0.2, 0.25) is 0 Å². The van der Waals surface area contributed by atoms with Gasteiger partial charge in [0.15, 0.2) is 17.3 Å². The third kappa shape index (κ3) is 4.18. The van der Waals surface area contributed by atoms with Gasteiger partial charge >= 0.3 is 0 Å². The molecule has 5 aromatic rings. The molecule has 5 heterocycles. The van der Waals surface area contributed by atoms with Crippen LogP contribution in [0.3, 0.4) is 0 Å². The van der Waals surface area contributed by atoms with Gasteiger partial charge in [0, 0.05) is 43.0 Å². The maximum absolute atomic E-state index is 15.1. The van der Waals surface area contributed by atoms with Gasteiger partial charge in [-0.25, -0.2) is 18.3 Å². The molecule has 0 radical (unpaired) electrons. The van der Waals surface area contributed by atoms with Gasteiger partial charge in [-0.2, -0.15) is 10.2 Å². The minimum atomic E-state index is -0.647. The largest absolute Gasteiger partial charge is 0.379 e. The van der Waals surface area contributed by atoms with Gasteiger partial charge in [0.25, 0.3) is 5.91 Å². The van der Waals surface area contributed by atoms with Gasteiger partial charge in [0.05, 0.1) is 30.3 Å². The summed E-state index contributed by atoms with van der Waals surface area (Å²) in [5, 5.41) is 14.1. The van der Waals surface area contributed by atoms with E-state index in [0.29, 0.717) is 35.2 Å². The van der Waals surface area contributed by atoms with Gasteiger partial charge in [-0.3, -0.25) is 14.8 Å². The number of hydrogen-bond acceptors (Lipinski definition) is 6. The fourth-order valence-corrected chi connectivity index (χ4v) is 4.35. The molecule has 0 aliphatic carbocycles. The highest BCUT2D eigenvalue weighted by atomic mass is 19.1. The zero-order valence-corrected chi connectivity index (χ0v) is 19.0. The number of aromatic nitrogens is 5. The van der Waals surface area contributed by atoms with E-state index in [1.54, 1.807) is 6.07 Å². The molecule has 1 aliphatic rings. The number of pyridine rings is 2. The summed E-state index contributed by atoms with van der Waals surface area (Å²) < 4.78 is 35.7. The smallest absolute Gasteiger partial charge is 0.256 e. The van der Waals surface area contributed by atoms with Crippen LogP contribution in [0, 0.1) is 11.6 Å². The normalized spacial score (nSPS) is 14.5. The molecule has 0 spiro atoms. The third-order valence-corrected chi connectivity index (χ3v) is 6.17. The first-order valence-corrected chi connectivity index (χ1v) is 11.4. The van der Waals surface area contributed by atoms with E-state index >= 15 is 4.39 Å². The summed E-state index contributed by atoms with van der Waals surface area (Å²) in [4.78, 5) is 19.6. The molecule has 1 amide bonds. The molecule has 36 heavy (non-hydrogen) atoms. The summed E-state index contributed by atoms with van der Waals surface area (Å²) >= 11 is 0. The van der Waals surface area contributed by atoms with Crippen molar-refractivity contribution in [2.45, 2.75) is 6.54 Å². The number of morpholine rings is 1. The van der Waals surface area contributed by atoms with Gasteiger partial charge in [0.1, 0.15) is 11.5 Å². The Bertz CT molecular complexity index is 1590. The molecular weight excluding hydrogens is 468 g/mol. The predicted molar refractivity (Wildman–Crippen MR) is 128 cm³/mol. The van der Waals surface area contributed by atoms with E-state index in [1.807, 2.05) is 18.2 Å². The molecule has 4 aromatic heterocycles. The minimum absolute atomic E-state index is 0.000408. The number of benzene rings is 1. The summed E-state index contributed by atoms with van der Waals surface area (Å²) in [6.45, 7) is 3.82. The number of nitrogens with zero attached hydrogens (tertiary/aromatic N) is 5. The molecule has 11 heteroatoms. The number of carbonyl (C=O) groups is 1. The lowest BCUT2D eigenvalue weighted by Crippen LogP contribution is -2.35. The molecule has 2 N–H and O–H groups in total. The van der Waals surface area contributed by atoms with Crippen molar-refractivity contribution in [3.05, 3.63) is 77.6 Å². The van der Waals surface area contributed by atoms with Crippen LogP contribution in [0.25, 0.3) is 27.8 Å². The molecule has 182 valence electrons. The quantitative estimate of drug-likeness (QED) is 0.391. The molecule has 9 nitrogen and oxygen atoms in total. The number of aromatic amines is 1. The summed E-state index contributed by atoms with van der Waals surface area (Å²) in [6.07, 6.45) is 2.87. The van der Waals surface area contributed by atoms with Crippen LogP contribution in [0.15, 0.2) is 54.9 Å². The number of rotatable bonds is 5. The maximum atomic E-state index is 15.1. The predicted octanol–water partition coefficient (Wildman–Crippen LogP) is 3.64. The number of nitrogens with one attached hydrogen (secondary N) is 2. The van der Waals surface area contributed by atoms with E-state index in [9.17, 15) is 9.18 Å². The number of anilines is 1. The van der Waals surface area contributed by atoms with Crippen molar-refractivity contribution in [2.24, 2.45) is 0 Å². The second-order valence-corrected chi connectivity index (χ2v) is 8.56. The van der Waals surface area contributed by atoms with Gasteiger partial charge < -0.3 is 10.1 Å². The molecule has 0 unspecified atom stereocenters. The highest BCUT2D eigenvalue weighted by Crippen LogP contribution is 2.30. The SMILES string of the molecule is O=C(Nc1n[nH]c2nc(-c3cnn4ccc(F)cc34)c(F)cc12)c1cccc(CN2CCOCC2)c1. The van der Waals surface area contributed by atoms with Crippen LogP contribution < -0.4 is 5.32 Å². The van der Waals surface area contributed by atoms with Crippen molar-refractivity contribution in [2.75, 3.05) is 31.6 Å². The first-order chi connectivity index (χ1) is 17.5. The number of H-pyrrole nitrogens is 1. The van der Waals surface area contributed by atoms with Crippen LogP contribution in [-0.2, 0) is 11.3 Å².